The Kier molecular flexibility index (Phi) is 6.03. The maximum absolute atomic E-state index is 2.47. The molecule has 11 aromatic rings. The van der Waals surface area contributed by atoms with Crippen molar-refractivity contribution >= 4 is 75.1 Å². The van der Waals surface area contributed by atoms with Gasteiger partial charge in [-0.15, -0.1) is 11.3 Å². The predicted molar refractivity (Wildman–Crippen MR) is 231 cm³/mol. The van der Waals surface area contributed by atoms with Gasteiger partial charge in [-0.05, 0) is 112 Å². The number of hydrogen-bond acceptors (Lipinski definition) is 1. The number of thiophene rings is 1. The van der Waals surface area contributed by atoms with Gasteiger partial charge >= 0.3 is 0 Å². The molecule has 1 aliphatic carbocycles. The van der Waals surface area contributed by atoms with Gasteiger partial charge in [-0.3, -0.25) is 0 Å². The summed E-state index contributed by atoms with van der Waals surface area (Å²) in [5.74, 6) is 0. The van der Waals surface area contributed by atoms with Crippen LogP contribution >= 0.6 is 11.3 Å². The maximum atomic E-state index is 2.47. The Labute approximate surface area is 316 Å². The van der Waals surface area contributed by atoms with Crippen molar-refractivity contribution in [3.8, 4) is 33.6 Å². The number of benzene rings is 8. The predicted octanol–water partition coefficient (Wildman–Crippen LogP) is 14.2. The Morgan fingerprint density at radius 3 is 1.61 bits per heavy atom. The van der Waals surface area contributed by atoms with Crippen LogP contribution in [0.4, 0.5) is 0 Å². The van der Waals surface area contributed by atoms with E-state index in [2.05, 4.69) is 193 Å². The average Bonchev–Trinajstić information content (AvgIpc) is 3.92. The molecule has 3 aromatic heterocycles. The van der Waals surface area contributed by atoms with E-state index < -0.39 is 0 Å². The Balaban J connectivity index is 1.01. The molecule has 0 fully saturated rings. The zero-order valence-electron chi connectivity index (χ0n) is 30.0. The van der Waals surface area contributed by atoms with Crippen molar-refractivity contribution in [2.24, 2.45) is 0 Å². The summed E-state index contributed by atoms with van der Waals surface area (Å²) in [5.41, 5.74) is 15.1. The van der Waals surface area contributed by atoms with E-state index in [4.69, 9.17) is 0 Å². The molecule has 0 radical (unpaired) electrons. The summed E-state index contributed by atoms with van der Waals surface area (Å²) in [6.45, 7) is 4.79. The van der Waals surface area contributed by atoms with Gasteiger partial charge in [0.15, 0.2) is 0 Å². The van der Waals surface area contributed by atoms with E-state index in [0.29, 0.717) is 0 Å². The summed E-state index contributed by atoms with van der Waals surface area (Å²) in [7, 11) is 0. The summed E-state index contributed by atoms with van der Waals surface area (Å²) in [4.78, 5) is 0. The first-order valence-electron chi connectivity index (χ1n) is 18.8. The normalized spacial score (nSPS) is 13.5. The minimum absolute atomic E-state index is 0.112. The standard InChI is InChI=1S/C51H34N2S/c1-51(2)43-28-34(22-23-35(43)39-29-42-38-16-8-11-19-49(38)54-50(42)30-44(39)51)53-46-18-10-7-15-37(46)41-27-32(21-25-48(41)53)31-20-24-47-40(26-31)36-14-6-9-17-45(36)52(47)33-12-4-3-5-13-33/h3-30H,1-2H3. The van der Waals surface area contributed by atoms with E-state index in [-0.39, 0.29) is 5.41 Å². The first-order valence-corrected chi connectivity index (χ1v) is 19.6. The fraction of sp³-hybridized carbons (Fsp3) is 0.0588. The number of aromatic nitrogens is 2. The van der Waals surface area contributed by atoms with Crippen molar-refractivity contribution in [1.82, 2.24) is 9.13 Å². The van der Waals surface area contributed by atoms with Crippen LogP contribution in [0.2, 0.25) is 0 Å². The quantitative estimate of drug-likeness (QED) is 0.173. The highest BCUT2D eigenvalue weighted by molar-refractivity contribution is 7.25. The molecule has 0 unspecified atom stereocenters. The molecule has 54 heavy (non-hydrogen) atoms. The summed E-state index contributed by atoms with van der Waals surface area (Å²) in [5, 5.41) is 7.79. The molecule has 0 saturated heterocycles. The Morgan fingerprint density at radius 1 is 0.370 bits per heavy atom. The maximum Gasteiger partial charge on any atom is 0.0541 e. The topological polar surface area (TPSA) is 9.86 Å². The van der Waals surface area contributed by atoms with Crippen LogP contribution in [0.1, 0.15) is 25.0 Å². The molecule has 1 aliphatic rings. The molecule has 12 rings (SSSR count). The molecule has 0 aliphatic heterocycles. The summed E-state index contributed by atoms with van der Waals surface area (Å²) in [6, 6.07) is 63.2. The first kappa shape index (κ1) is 30.1. The van der Waals surface area contributed by atoms with Crippen molar-refractivity contribution < 1.29 is 0 Å². The lowest BCUT2D eigenvalue weighted by Crippen LogP contribution is -2.15. The first-order chi connectivity index (χ1) is 26.5. The third-order valence-corrected chi connectivity index (χ3v) is 13.2. The Hall–Kier alpha value is -6.42. The highest BCUT2D eigenvalue weighted by Gasteiger charge is 2.36. The third-order valence-electron chi connectivity index (χ3n) is 12.1. The molecule has 8 aromatic carbocycles. The lowest BCUT2D eigenvalue weighted by Gasteiger charge is -2.22. The van der Waals surface area contributed by atoms with E-state index in [9.17, 15) is 0 Å². The number of fused-ring (bicyclic) bond motifs is 12. The monoisotopic (exact) mass is 706 g/mol. The Bertz CT molecular complexity index is 3350. The minimum atomic E-state index is -0.112. The smallest absolute Gasteiger partial charge is 0.0541 e. The molecular formula is C51H34N2S. The van der Waals surface area contributed by atoms with Crippen molar-refractivity contribution in [2.45, 2.75) is 19.3 Å². The molecule has 254 valence electrons. The highest BCUT2D eigenvalue weighted by atomic mass is 32.1. The summed E-state index contributed by atoms with van der Waals surface area (Å²) in [6.07, 6.45) is 0. The van der Waals surface area contributed by atoms with E-state index in [1.54, 1.807) is 0 Å². The molecule has 0 saturated carbocycles. The highest BCUT2D eigenvalue weighted by Crippen LogP contribution is 2.52. The summed E-state index contributed by atoms with van der Waals surface area (Å²) >= 11 is 1.91. The average molecular weight is 707 g/mol. The van der Waals surface area contributed by atoms with Crippen LogP contribution in [0.25, 0.3) is 97.4 Å². The van der Waals surface area contributed by atoms with Gasteiger partial charge < -0.3 is 9.13 Å². The number of hydrogen-bond donors (Lipinski definition) is 0. The number of nitrogens with zero attached hydrogens (tertiary/aromatic N) is 2. The molecule has 0 spiro atoms. The van der Waals surface area contributed by atoms with Crippen LogP contribution in [0.5, 0.6) is 0 Å². The zero-order valence-corrected chi connectivity index (χ0v) is 30.8. The minimum Gasteiger partial charge on any atom is -0.309 e. The fourth-order valence-electron chi connectivity index (χ4n) is 9.52. The lowest BCUT2D eigenvalue weighted by molar-refractivity contribution is 0.661. The second-order valence-corrected chi connectivity index (χ2v) is 16.4. The molecule has 0 atom stereocenters. The van der Waals surface area contributed by atoms with Crippen LogP contribution in [-0.4, -0.2) is 9.13 Å². The molecule has 0 amide bonds. The van der Waals surface area contributed by atoms with Gasteiger partial charge in [0.25, 0.3) is 0 Å². The van der Waals surface area contributed by atoms with Crippen LogP contribution in [0, 0.1) is 0 Å². The van der Waals surface area contributed by atoms with Crippen LogP contribution < -0.4 is 0 Å². The second kappa shape index (κ2) is 10.8. The number of rotatable bonds is 3. The SMILES string of the molecule is CC1(C)c2cc(-n3c4ccccc4c4cc(-c5ccc6c(c5)c5ccccc5n6-c5ccccc5)ccc43)ccc2-c2cc3c(cc21)sc1ccccc13. The van der Waals surface area contributed by atoms with Crippen LogP contribution in [-0.2, 0) is 5.41 Å². The van der Waals surface area contributed by atoms with Gasteiger partial charge in [-0.2, -0.15) is 0 Å². The summed E-state index contributed by atoms with van der Waals surface area (Å²) < 4.78 is 7.58. The fourth-order valence-corrected chi connectivity index (χ4v) is 10.6. The number of para-hydroxylation sites is 3. The Morgan fingerprint density at radius 2 is 0.926 bits per heavy atom. The van der Waals surface area contributed by atoms with E-state index in [0.717, 1.165) is 0 Å². The largest absolute Gasteiger partial charge is 0.309 e. The van der Waals surface area contributed by atoms with Crippen molar-refractivity contribution in [1.29, 1.82) is 0 Å². The van der Waals surface area contributed by atoms with Gasteiger partial charge in [0, 0.05) is 58.5 Å². The molecule has 3 heteroatoms. The molecular weight excluding hydrogens is 673 g/mol. The lowest BCUT2D eigenvalue weighted by atomic mass is 9.82. The van der Waals surface area contributed by atoms with E-state index in [1.165, 1.54) is 109 Å². The van der Waals surface area contributed by atoms with Gasteiger partial charge in [-0.25, -0.2) is 0 Å². The van der Waals surface area contributed by atoms with Crippen LogP contribution in [0.3, 0.4) is 0 Å². The van der Waals surface area contributed by atoms with E-state index >= 15 is 0 Å². The zero-order chi connectivity index (χ0) is 35.7. The molecule has 0 bridgehead atoms. The molecule has 0 N–H and O–H groups in total. The van der Waals surface area contributed by atoms with Crippen molar-refractivity contribution in [2.75, 3.05) is 0 Å². The van der Waals surface area contributed by atoms with Crippen molar-refractivity contribution in [3.63, 3.8) is 0 Å². The molecule has 2 nitrogen and oxygen atoms in total. The van der Waals surface area contributed by atoms with Gasteiger partial charge in [0.05, 0.1) is 22.1 Å². The molecule has 3 heterocycles. The third kappa shape index (κ3) is 4.05. The van der Waals surface area contributed by atoms with Gasteiger partial charge in [-0.1, -0.05) is 105 Å². The second-order valence-electron chi connectivity index (χ2n) is 15.4. The van der Waals surface area contributed by atoms with E-state index in [1.807, 2.05) is 11.3 Å². The van der Waals surface area contributed by atoms with Crippen molar-refractivity contribution in [3.05, 3.63) is 181 Å². The van der Waals surface area contributed by atoms with Gasteiger partial charge in [0.1, 0.15) is 0 Å². The van der Waals surface area contributed by atoms with Crippen LogP contribution in [0.15, 0.2) is 170 Å². The van der Waals surface area contributed by atoms with Gasteiger partial charge in [0.2, 0.25) is 0 Å².